The quantitative estimate of drug-likeness (QED) is 0.241. The first-order valence-corrected chi connectivity index (χ1v) is 7.25. The van der Waals surface area contributed by atoms with Crippen molar-refractivity contribution in [3.05, 3.63) is 0 Å². The fourth-order valence-corrected chi connectivity index (χ4v) is 1.19. The second-order valence-corrected chi connectivity index (χ2v) is 4.41. The maximum atomic E-state index is 11.3. The predicted octanol–water partition coefficient (Wildman–Crippen LogP) is -1.67. The second-order valence-electron chi connectivity index (χ2n) is 4.41. The highest BCUT2D eigenvalue weighted by molar-refractivity contribution is 5.80. The smallest absolute Gasteiger partial charge is 0.344 e. The van der Waals surface area contributed by atoms with Gasteiger partial charge >= 0.3 is 29.8 Å². The van der Waals surface area contributed by atoms with E-state index in [4.69, 9.17) is 4.74 Å². The van der Waals surface area contributed by atoms with Crippen LogP contribution in [-0.4, -0.2) is 76.0 Å². The van der Waals surface area contributed by atoms with Crippen LogP contribution in [0.1, 0.15) is 13.8 Å². The first kappa shape index (κ1) is 22.3. The molecule has 0 aromatic rings. The minimum absolute atomic E-state index is 0.0355. The largest absolute Gasteiger partial charge is 0.465 e. The van der Waals surface area contributed by atoms with Crippen LogP contribution in [0.2, 0.25) is 0 Å². The van der Waals surface area contributed by atoms with E-state index in [2.05, 4.69) is 24.3 Å². The van der Waals surface area contributed by atoms with Crippen molar-refractivity contribution >= 4 is 29.8 Å². The summed E-state index contributed by atoms with van der Waals surface area (Å²) in [6, 6.07) is 0. The van der Waals surface area contributed by atoms with Gasteiger partial charge in [-0.15, -0.1) is 0 Å². The van der Waals surface area contributed by atoms with Crippen LogP contribution < -0.4 is 5.32 Å². The lowest BCUT2D eigenvalue weighted by Gasteiger charge is -2.08. The van der Waals surface area contributed by atoms with Crippen LogP contribution in [0.3, 0.4) is 0 Å². The molecule has 11 heteroatoms. The highest BCUT2D eigenvalue weighted by Crippen LogP contribution is 1.88. The summed E-state index contributed by atoms with van der Waals surface area (Å²) < 4.78 is 22.8. The molecule has 1 N–H and O–H groups in total. The molecule has 0 amide bonds. The van der Waals surface area contributed by atoms with Gasteiger partial charge in [0.15, 0.2) is 19.8 Å². The van der Waals surface area contributed by atoms with E-state index in [1.807, 2.05) is 0 Å². The van der Waals surface area contributed by atoms with Crippen molar-refractivity contribution in [2.24, 2.45) is 0 Å². The molecule has 0 saturated carbocycles. The summed E-state index contributed by atoms with van der Waals surface area (Å²) in [4.78, 5) is 54.5. The third-order valence-corrected chi connectivity index (χ3v) is 2.22. The van der Waals surface area contributed by atoms with Gasteiger partial charge in [0.1, 0.15) is 13.2 Å². The van der Waals surface area contributed by atoms with Gasteiger partial charge in [-0.3, -0.25) is 9.59 Å². The molecule has 0 atom stereocenters. The molecule has 0 unspecified atom stereocenters. The van der Waals surface area contributed by atoms with Gasteiger partial charge in [0.05, 0.1) is 0 Å². The molecule has 0 aromatic heterocycles. The summed E-state index contributed by atoms with van der Waals surface area (Å²) in [6.07, 6.45) is 0. The first-order chi connectivity index (χ1) is 11.8. The van der Waals surface area contributed by atoms with Gasteiger partial charge in [0, 0.05) is 26.9 Å². The monoisotopic (exact) mass is 363 g/mol. The molecule has 0 aliphatic rings. The Morgan fingerprint density at radius 2 is 1.00 bits per heavy atom. The summed E-state index contributed by atoms with van der Waals surface area (Å²) in [7, 11) is 0. The standard InChI is InChI=1S/C14H21NO10/c1-10(16)21-5-3-15-4-6-22-12(18)8-24-14(20)9-25-13(19)7-23-11(2)17/h15H,3-9H2,1-2H3. The molecule has 11 nitrogen and oxygen atoms in total. The zero-order chi connectivity index (χ0) is 19.1. The van der Waals surface area contributed by atoms with Crippen LogP contribution in [-0.2, 0) is 47.7 Å². The van der Waals surface area contributed by atoms with E-state index in [1.165, 1.54) is 6.92 Å². The van der Waals surface area contributed by atoms with Crippen LogP contribution in [0.15, 0.2) is 0 Å². The van der Waals surface area contributed by atoms with Gasteiger partial charge in [-0.1, -0.05) is 0 Å². The van der Waals surface area contributed by atoms with Crippen LogP contribution >= 0.6 is 0 Å². The Hall–Kier alpha value is -2.69. The van der Waals surface area contributed by atoms with Crippen LogP contribution in [0, 0.1) is 0 Å². The van der Waals surface area contributed by atoms with Crippen LogP contribution in [0.25, 0.3) is 0 Å². The number of carbonyl (C=O) groups is 5. The van der Waals surface area contributed by atoms with E-state index in [-0.39, 0.29) is 19.2 Å². The van der Waals surface area contributed by atoms with Gasteiger partial charge in [0.2, 0.25) is 0 Å². The molecule has 0 aliphatic heterocycles. The Balaban J connectivity index is 3.57. The van der Waals surface area contributed by atoms with Crippen molar-refractivity contribution in [1.29, 1.82) is 0 Å². The lowest BCUT2D eigenvalue weighted by atomic mass is 10.6. The van der Waals surface area contributed by atoms with Crippen LogP contribution in [0.4, 0.5) is 0 Å². The van der Waals surface area contributed by atoms with E-state index in [9.17, 15) is 24.0 Å². The highest BCUT2D eigenvalue weighted by Gasteiger charge is 2.12. The van der Waals surface area contributed by atoms with Gasteiger partial charge in [-0.2, -0.15) is 0 Å². The Morgan fingerprint density at radius 1 is 0.600 bits per heavy atom. The lowest BCUT2D eigenvalue weighted by molar-refractivity contribution is -0.167. The predicted molar refractivity (Wildman–Crippen MR) is 79.0 cm³/mol. The maximum Gasteiger partial charge on any atom is 0.344 e. The summed E-state index contributed by atoms with van der Waals surface area (Å²) in [6.45, 7) is 1.42. The van der Waals surface area contributed by atoms with Gasteiger partial charge in [-0.25, -0.2) is 14.4 Å². The lowest BCUT2D eigenvalue weighted by Crippen LogP contribution is -2.27. The third-order valence-electron chi connectivity index (χ3n) is 2.22. The van der Waals surface area contributed by atoms with Crippen molar-refractivity contribution < 1.29 is 47.7 Å². The normalized spacial score (nSPS) is 9.68. The van der Waals surface area contributed by atoms with E-state index < -0.39 is 43.7 Å². The molecule has 0 aliphatic carbocycles. The molecule has 142 valence electrons. The van der Waals surface area contributed by atoms with Crippen molar-refractivity contribution in [3.63, 3.8) is 0 Å². The SMILES string of the molecule is CC(=O)OCCNCCOC(=O)COC(=O)COC(=O)COC(C)=O. The van der Waals surface area contributed by atoms with E-state index in [0.29, 0.717) is 13.1 Å². The molecule has 0 bridgehead atoms. The van der Waals surface area contributed by atoms with Gasteiger partial charge < -0.3 is 29.0 Å². The third kappa shape index (κ3) is 16.0. The van der Waals surface area contributed by atoms with E-state index in [0.717, 1.165) is 6.92 Å². The number of esters is 5. The summed E-state index contributed by atoms with van der Waals surface area (Å²) in [5.74, 6) is -3.70. The number of hydrogen-bond acceptors (Lipinski definition) is 11. The zero-order valence-electron chi connectivity index (χ0n) is 14.0. The molecule has 0 spiro atoms. The van der Waals surface area contributed by atoms with Crippen molar-refractivity contribution in [2.45, 2.75) is 13.8 Å². The fraction of sp³-hybridized carbons (Fsp3) is 0.643. The molecule has 25 heavy (non-hydrogen) atoms. The minimum atomic E-state index is -0.951. The number of rotatable bonds is 12. The molecule has 0 heterocycles. The summed E-state index contributed by atoms with van der Waals surface area (Å²) in [5, 5.41) is 2.86. The number of carbonyl (C=O) groups excluding carboxylic acids is 5. The molecular formula is C14H21NO10. The topological polar surface area (TPSA) is 144 Å². The Morgan fingerprint density at radius 3 is 1.48 bits per heavy atom. The summed E-state index contributed by atoms with van der Waals surface area (Å²) >= 11 is 0. The van der Waals surface area contributed by atoms with Gasteiger partial charge in [0.25, 0.3) is 0 Å². The Kier molecular flexibility index (Phi) is 12.2. The average molecular weight is 363 g/mol. The first-order valence-electron chi connectivity index (χ1n) is 7.25. The summed E-state index contributed by atoms with van der Waals surface area (Å²) in [5.41, 5.74) is 0. The van der Waals surface area contributed by atoms with Crippen molar-refractivity contribution in [3.8, 4) is 0 Å². The molecule has 0 rings (SSSR count). The Labute approximate surface area is 143 Å². The number of hydrogen-bond donors (Lipinski definition) is 1. The van der Waals surface area contributed by atoms with E-state index >= 15 is 0 Å². The minimum Gasteiger partial charge on any atom is -0.465 e. The number of nitrogens with one attached hydrogen (secondary N) is 1. The van der Waals surface area contributed by atoms with Crippen LogP contribution in [0.5, 0.6) is 0 Å². The van der Waals surface area contributed by atoms with Gasteiger partial charge in [-0.05, 0) is 0 Å². The van der Waals surface area contributed by atoms with E-state index in [1.54, 1.807) is 0 Å². The molecular weight excluding hydrogens is 342 g/mol. The van der Waals surface area contributed by atoms with Crippen molar-refractivity contribution in [2.75, 3.05) is 46.1 Å². The molecule has 0 saturated heterocycles. The number of ether oxygens (including phenoxy) is 5. The highest BCUT2D eigenvalue weighted by atomic mass is 16.6. The second kappa shape index (κ2) is 13.7. The average Bonchev–Trinajstić information content (AvgIpc) is 2.55. The molecule has 0 aromatic carbocycles. The molecule has 0 radical (unpaired) electrons. The Bertz CT molecular complexity index is 476. The zero-order valence-corrected chi connectivity index (χ0v) is 14.0. The molecule has 0 fully saturated rings. The maximum absolute atomic E-state index is 11.3. The van der Waals surface area contributed by atoms with Crippen molar-refractivity contribution in [1.82, 2.24) is 5.32 Å². The fourth-order valence-electron chi connectivity index (χ4n) is 1.19.